The Hall–Kier alpha value is -2.18. The summed E-state index contributed by atoms with van der Waals surface area (Å²) in [6.45, 7) is 2.04. The van der Waals surface area contributed by atoms with Crippen molar-refractivity contribution in [3.05, 3.63) is 29.3 Å². The molecule has 0 aliphatic carbocycles. The largest absolute Gasteiger partial charge is 0.396 e. The summed E-state index contributed by atoms with van der Waals surface area (Å²) in [5.41, 5.74) is 4.39. The molecule has 1 aromatic carbocycles. The Balaban J connectivity index is 2.36. The van der Waals surface area contributed by atoms with E-state index in [-0.39, 0.29) is 19.0 Å². The minimum Gasteiger partial charge on any atom is -0.396 e. The van der Waals surface area contributed by atoms with E-state index in [1.807, 2.05) is 0 Å². The van der Waals surface area contributed by atoms with Crippen molar-refractivity contribution in [3.63, 3.8) is 0 Å². The summed E-state index contributed by atoms with van der Waals surface area (Å²) in [4.78, 5) is 24.8. The molecule has 1 aliphatic heterocycles. The number of nitrogens with two attached hydrogens (primary N) is 1. The maximum atomic E-state index is 13.8. The fourth-order valence-electron chi connectivity index (χ4n) is 1.98. The van der Waals surface area contributed by atoms with Gasteiger partial charge in [-0.2, -0.15) is 0 Å². The zero-order valence-corrected chi connectivity index (χ0v) is 10.2. The van der Waals surface area contributed by atoms with Gasteiger partial charge in [-0.25, -0.2) is 8.78 Å². The highest BCUT2D eigenvalue weighted by Gasteiger charge is 2.31. The zero-order chi connectivity index (χ0) is 14.2. The molecule has 0 aromatic heterocycles. The first-order valence-corrected chi connectivity index (χ1v) is 5.75. The maximum Gasteiger partial charge on any atom is 0.257 e. The number of nitrogens with zero attached hydrogens (tertiary/aromatic N) is 1. The minimum absolute atomic E-state index is 0.238. The average Bonchev–Trinajstić information content (AvgIpc) is 2.36. The Bertz CT molecular complexity index is 548. The number of nitrogens with one attached hydrogen (secondary N) is 1. The monoisotopic (exact) mass is 269 g/mol. The van der Waals surface area contributed by atoms with Crippen LogP contribution in [-0.4, -0.2) is 35.8 Å². The Morgan fingerprint density at radius 3 is 2.84 bits per heavy atom. The summed E-state index contributed by atoms with van der Waals surface area (Å²) in [7, 11) is 0. The molecule has 1 atom stereocenters. The molecule has 1 unspecified atom stereocenters. The van der Waals surface area contributed by atoms with Gasteiger partial charge in [-0.1, -0.05) is 0 Å². The number of benzene rings is 1. The third-order valence-electron chi connectivity index (χ3n) is 3.06. The fraction of sp³-hybridized carbons (Fsp3) is 0.333. The van der Waals surface area contributed by atoms with Gasteiger partial charge in [0.1, 0.15) is 11.9 Å². The lowest BCUT2D eigenvalue weighted by Crippen LogP contribution is -2.56. The van der Waals surface area contributed by atoms with Gasteiger partial charge in [0, 0.05) is 13.1 Å². The van der Waals surface area contributed by atoms with Crippen LogP contribution in [0.2, 0.25) is 0 Å². The van der Waals surface area contributed by atoms with Crippen molar-refractivity contribution >= 4 is 17.5 Å². The van der Waals surface area contributed by atoms with Crippen molar-refractivity contribution in [2.24, 2.45) is 0 Å². The van der Waals surface area contributed by atoms with Crippen molar-refractivity contribution in [2.75, 3.05) is 18.8 Å². The van der Waals surface area contributed by atoms with Crippen molar-refractivity contribution < 1.29 is 18.4 Å². The van der Waals surface area contributed by atoms with Gasteiger partial charge in [0.25, 0.3) is 5.91 Å². The number of hydrogen-bond acceptors (Lipinski definition) is 3. The molecular formula is C12H13F2N3O2. The summed E-state index contributed by atoms with van der Waals surface area (Å²) in [5.74, 6) is -2.84. The van der Waals surface area contributed by atoms with Crippen LogP contribution in [0.5, 0.6) is 0 Å². The molecule has 102 valence electrons. The first-order valence-electron chi connectivity index (χ1n) is 5.75. The van der Waals surface area contributed by atoms with E-state index in [2.05, 4.69) is 5.32 Å². The number of carbonyl (C=O) groups excluding carboxylic acids is 2. The summed E-state index contributed by atoms with van der Waals surface area (Å²) in [6, 6.07) is 0.858. The molecule has 0 radical (unpaired) electrons. The third-order valence-corrected chi connectivity index (χ3v) is 3.06. The van der Waals surface area contributed by atoms with Crippen molar-refractivity contribution in [3.8, 4) is 0 Å². The third kappa shape index (κ3) is 2.35. The number of nitrogen functional groups attached to an aromatic ring is 1. The second-order valence-corrected chi connectivity index (χ2v) is 4.32. The van der Waals surface area contributed by atoms with E-state index < -0.39 is 34.8 Å². The van der Waals surface area contributed by atoms with E-state index in [1.165, 1.54) is 11.8 Å². The van der Waals surface area contributed by atoms with Crippen LogP contribution in [0, 0.1) is 11.6 Å². The lowest BCUT2D eigenvalue weighted by atomic mass is 10.1. The van der Waals surface area contributed by atoms with E-state index in [9.17, 15) is 18.4 Å². The Kier molecular flexibility index (Phi) is 3.37. The van der Waals surface area contributed by atoms with Crippen LogP contribution in [-0.2, 0) is 4.79 Å². The van der Waals surface area contributed by atoms with Gasteiger partial charge in [0.2, 0.25) is 5.91 Å². The lowest BCUT2D eigenvalue weighted by molar-refractivity contribution is -0.127. The van der Waals surface area contributed by atoms with Crippen LogP contribution < -0.4 is 11.1 Å². The molecule has 19 heavy (non-hydrogen) atoms. The molecule has 1 heterocycles. The predicted octanol–water partition coefficient (Wildman–Crippen LogP) is 0.507. The molecule has 1 saturated heterocycles. The summed E-state index contributed by atoms with van der Waals surface area (Å²) in [5, 5.41) is 2.58. The quantitative estimate of drug-likeness (QED) is 0.729. The number of anilines is 1. The number of hydrogen-bond donors (Lipinski definition) is 2. The molecule has 1 aromatic rings. The van der Waals surface area contributed by atoms with Gasteiger partial charge in [-0.05, 0) is 19.1 Å². The average molecular weight is 269 g/mol. The van der Waals surface area contributed by atoms with Crippen LogP contribution in [0.25, 0.3) is 0 Å². The van der Waals surface area contributed by atoms with Crippen molar-refractivity contribution in [2.45, 2.75) is 13.0 Å². The van der Waals surface area contributed by atoms with E-state index in [4.69, 9.17) is 5.73 Å². The van der Waals surface area contributed by atoms with E-state index in [1.54, 1.807) is 0 Å². The van der Waals surface area contributed by atoms with E-state index >= 15 is 0 Å². The molecule has 0 spiro atoms. The topological polar surface area (TPSA) is 75.4 Å². The zero-order valence-electron chi connectivity index (χ0n) is 10.2. The minimum atomic E-state index is -0.968. The Labute approximate surface area is 108 Å². The second kappa shape index (κ2) is 4.83. The summed E-state index contributed by atoms with van der Waals surface area (Å²) < 4.78 is 27.0. The predicted molar refractivity (Wildman–Crippen MR) is 64.3 cm³/mol. The molecule has 1 aliphatic rings. The number of carbonyl (C=O) groups is 2. The van der Waals surface area contributed by atoms with Gasteiger partial charge >= 0.3 is 0 Å². The van der Waals surface area contributed by atoms with Crippen LogP contribution >= 0.6 is 0 Å². The Morgan fingerprint density at radius 2 is 2.16 bits per heavy atom. The summed E-state index contributed by atoms with van der Waals surface area (Å²) in [6.07, 6.45) is 0. The van der Waals surface area contributed by atoms with E-state index in [0.29, 0.717) is 0 Å². The highest BCUT2D eigenvalue weighted by atomic mass is 19.1. The van der Waals surface area contributed by atoms with Gasteiger partial charge in [-0.15, -0.1) is 0 Å². The fourth-order valence-corrected chi connectivity index (χ4v) is 1.98. The molecule has 2 rings (SSSR count). The first-order chi connectivity index (χ1) is 8.91. The summed E-state index contributed by atoms with van der Waals surface area (Å²) >= 11 is 0. The van der Waals surface area contributed by atoms with Gasteiger partial charge < -0.3 is 16.0 Å². The molecule has 1 fully saturated rings. The SMILES string of the molecule is CC1C(=O)NCCN1C(=O)c1cc(F)cc(N)c1F. The second-order valence-electron chi connectivity index (χ2n) is 4.32. The Morgan fingerprint density at radius 1 is 1.47 bits per heavy atom. The molecule has 3 N–H and O–H groups in total. The van der Waals surface area contributed by atoms with Crippen LogP contribution in [0.4, 0.5) is 14.5 Å². The smallest absolute Gasteiger partial charge is 0.257 e. The lowest BCUT2D eigenvalue weighted by Gasteiger charge is -2.33. The highest BCUT2D eigenvalue weighted by molar-refractivity contribution is 5.99. The number of amides is 2. The highest BCUT2D eigenvalue weighted by Crippen LogP contribution is 2.20. The van der Waals surface area contributed by atoms with Gasteiger partial charge in [0.15, 0.2) is 5.82 Å². The molecule has 7 heteroatoms. The first kappa shape index (κ1) is 13.3. The molecule has 0 bridgehead atoms. The van der Waals surface area contributed by atoms with Crippen LogP contribution in [0.1, 0.15) is 17.3 Å². The van der Waals surface area contributed by atoms with E-state index in [0.717, 1.165) is 12.1 Å². The molecule has 0 saturated carbocycles. The molecule has 2 amide bonds. The van der Waals surface area contributed by atoms with Gasteiger partial charge in [-0.3, -0.25) is 9.59 Å². The normalized spacial score (nSPS) is 19.2. The van der Waals surface area contributed by atoms with Crippen LogP contribution in [0.15, 0.2) is 12.1 Å². The standard InChI is InChI=1S/C12H13F2N3O2/c1-6-11(18)16-2-3-17(6)12(19)8-4-7(13)5-9(15)10(8)14/h4-6H,2-3,15H2,1H3,(H,16,18). The van der Waals surface area contributed by atoms with Crippen LogP contribution in [0.3, 0.4) is 0 Å². The number of halogens is 2. The molecule has 5 nitrogen and oxygen atoms in total. The maximum absolute atomic E-state index is 13.8. The van der Waals surface area contributed by atoms with Gasteiger partial charge in [0.05, 0.1) is 11.3 Å². The number of piperazine rings is 1. The van der Waals surface area contributed by atoms with Crippen molar-refractivity contribution in [1.82, 2.24) is 10.2 Å². The number of rotatable bonds is 1. The van der Waals surface area contributed by atoms with Crippen molar-refractivity contribution in [1.29, 1.82) is 0 Å². The molecular weight excluding hydrogens is 256 g/mol.